The molecule has 1 aliphatic rings. The van der Waals surface area contributed by atoms with Crippen LogP contribution in [0.5, 0.6) is 0 Å². The number of nitrogens with zero attached hydrogens (tertiary/aromatic N) is 2. The molecule has 108 valence electrons. The van der Waals surface area contributed by atoms with Gasteiger partial charge in [-0.15, -0.1) is 11.3 Å². The Balaban J connectivity index is 1.69. The molecular formula is C14H17Cl2N3S. The van der Waals surface area contributed by atoms with Gasteiger partial charge in [0.1, 0.15) is 0 Å². The minimum Gasteiger partial charge on any atom is -0.324 e. The van der Waals surface area contributed by atoms with E-state index in [4.69, 9.17) is 28.9 Å². The van der Waals surface area contributed by atoms with Gasteiger partial charge in [0.2, 0.25) is 0 Å². The zero-order chi connectivity index (χ0) is 14.1. The maximum atomic E-state index is 6.22. The zero-order valence-corrected chi connectivity index (χ0v) is 13.4. The van der Waals surface area contributed by atoms with Gasteiger partial charge in [0.15, 0.2) is 0 Å². The third kappa shape index (κ3) is 3.03. The predicted octanol–water partition coefficient (Wildman–Crippen LogP) is 4.61. The highest BCUT2D eigenvalue weighted by Gasteiger charge is 2.19. The number of rotatable bonds is 4. The maximum Gasteiger partial charge on any atom is 0.0992 e. The first kappa shape index (κ1) is 14.4. The Labute approximate surface area is 132 Å². The van der Waals surface area contributed by atoms with Gasteiger partial charge in [0.25, 0.3) is 0 Å². The van der Waals surface area contributed by atoms with E-state index < -0.39 is 0 Å². The third-order valence-corrected chi connectivity index (χ3v) is 5.39. The third-order valence-electron chi connectivity index (χ3n) is 3.87. The van der Waals surface area contributed by atoms with E-state index in [0.717, 1.165) is 11.3 Å². The van der Waals surface area contributed by atoms with Gasteiger partial charge in [0.05, 0.1) is 20.4 Å². The predicted molar refractivity (Wildman–Crippen MR) is 84.7 cm³/mol. The molecule has 2 aromatic rings. The van der Waals surface area contributed by atoms with Crippen LogP contribution in [0.2, 0.25) is 8.67 Å². The van der Waals surface area contributed by atoms with Crippen LogP contribution < -0.4 is 5.73 Å². The molecule has 6 heteroatoms. The van der Waals surface area contributed by atoms with Gasteiger partial charge in [-0.1, -0.05) is 36.0 Å². The average molecular weight is 330 g/mol. The fourth-order valence-electron chi connectivity index (χ4n) is 2.80. The first-order chi connectivity index (χ1) is 9.63. The lowest BCUT2D eigenvalue weighted by molar-refractivity contribution is 0.461. The fourth-order valence-corrected chi connectivity index (χ4v) is 4.40. The van der Waals surface area contributed by atoms with Crippen molar-refractivity contribution < 1.29 is 0 Å². The SMILES string of the molecule is NC(Cc1ccn(C2CCCC2)n1)c1cc(Cl)sc1Cl. The quantitative estimate of drug-likeness (QED) is 0.890. The van der Waals surface area contributed by atoms with E-state index in [1.54, 1.807) is 0 Å². The summed E-state index contributed by atoms with van der Waals surface area (Å²) in [5, 5.41) is 4.66. The Bertz CT molecular complexity index is 587. The number of hydrogen-bond acceptors (Lipinski definition) is 3. The van der Waals surface area contributed by atoms with Crippen molar-refractivity contribution in [3.05, 3.63) is 38.3 Å². The number of aromatic nitrogens is 2. The number of hydrogen-bond donors (Lipinski definition) is 1. The van der Waals surface area contributed by atoms with Gasteiger partial charge in [-0.05, 0) is 25.0 Å². The van der Waals surface area contributed by atoms with Crippen molar-refractivity contribution in [3.8, 4) is 0 Å². The van der Waals surface area contributed by atoms with Crippen molar-refractivity contribution in [2.75, 3.05) is 0 Å². The van der Waals surface area contributed by atoms with Gasteiger partial charge < -0.3 is 5.73 Å². The second-order valence-corrected chi connectivity index (χ2v) is 7.60. The van der Waals surface area contributed by atoms with Crippen molar-refractivity contribution in [1.29, 1.82) is 0 Å². The first-order valence-electron chi connectivity index (χ1n) is 6.88. The number of nitrogens with two attached hydrogens (primary N) is 1. The van der Waals surface area contributed by atoms with Crippen LogP contribution >= 0.6 is 34.5 Å². The Morgan fingerprint density at radius 2 is 2.15 bits per heavy atom. The molecule has 1 unspecified atom stereocenters. The van der Waals surface area contributed by atoms with E-state index in [0.29, 0.717) is 21.1 Å². The van der Waals surface area contributed by atoms with E-state index in [1.807, 2.05) is 6.07 Å². The minimum atomic E-state index is -0.154. The van der Waals surface area contributed by atoms with Crippen LogP contribution in [-0.4, -0.2) is 9.78 Å². The number of halogens is 2. The van der Waals surface area contributed by atoms with Crippen LogP contribution in [-0.2, 0) is 6.42 Å². The van der Waals surface area contributed by atoms with E-state index in [1.165, 1.54) is 37.0 Å². The van der Waals surface area contributed by atoms with Crippen LogP contribution in [0.1, 0.15) is 49.0 Å². The Morgan fingerprint density at radius 3 is 2.80 bits per heavy atom. The molecule has 3 nitrogen and oxygen atoms in total. The highest BCUT2D eigenvalue weighted by molar-refractivity contribution is 7.20. The molecule has 0 bridgehead atoms. The summed E-state index contributed by atoms with van der Waals surface area (Å²) in [5.74, 6) is 0. The van der Waals surface area contributed by atoms with Crippen LogP contribution in [0.25, 0.3) is 0 Å². The van der Waals surface area contributed by atoms with E-state index in [-0.39, 0.29) is 6.04 Å². The van der Waals surface area contributed by atoms with Crippen LogP contribution in [0, 0.1) is 0 Å². The molecular weight excluding hydrogens is 313 g/mol. The topological polar surface area (TPSA) is 43.8 Å². The molecule has 3 rings (SSSR count). The van der Waals surface area contributed by atoms with Crippen LogP contribution in [0.15, 0.2) is 18.3 Å². The standard InChI is InChI=1S/C14H17Cl2N3S/c15-13-8-11(14(16)20-13)12(17)7-9-5-6-19(18-9)10-3-1-2-4-10/h5-6,8,10,12H,1-4,7,17H2. The summed E-state index contributed by atoms with van der Waals surface area (Å²) in [6.07, 6.45) is 7.84. The van der Waals surface area contributed by atoms with E-state index in [2.05, 4.69) is 22.0 Å². The molecule has 0 spiro atoms. The molecule has 0 aliphatic heterocycles. The summed E-state index contributed by atoms with van der Waals surface area (Å²) in [7, 11) is 0. The van der Waals surface area contributed by atoms with Crippen molar-refractivity contribution in [3.63, 3.8) is 0 Å². The van der Waals surface area contributed by atoms with Crippen molar-refractivity contribution in [2.45, 2.75) is 44.2 Å². The second kappa shape index (κ2) is 6.06. The summed E-state index contributed by atoms with van der Waals surface area (Å²) >= 11 is 13.5. The second-order valence-electron chi connectivity index (χ2n) is 5.32. The molecule has 0 saturated heterocycles. The van der Waals surface area contributed by atoms with Crippen molar-refractivity contribution in [1.82, 2.24) is 9.78 Å². The van der Waals surface area contributed by atoms with Gasteiger partial charge in [-0.25, -0.2) is 0 Å². The Morgan fingerprint density at radius 1 is 1.40 bits per heavy atom. The Hall–Kier alpha value is -0.550. The van der Waals surface area contributed by atoms with Crippen molar-refractivity contribution in [2.24, 2.45) is 5.73 Å². The lowest BCUT2D eigenvalue weighted by Crippen LogP contribution is -2.14. The molecule has 0 amide bonds. The summed E-state index contributed by atoms with van der Waals surface area (Å²) in [6, 6.07) is 4.32. The summed E-state index contributed by atoms with van der Waals surface area (Å²) in [4.78, 5) is 0. The number of thiophene rings is 1. The largest absolute Gasteiger partial charge is 0.324 e. The fraction of sp³-hybridized carbons (Fsp3) is 0.500. The molecule has 1 atom stereocenters. The smallest absolute Gasteiger partial charge is 0.0992 e. The van der Waals surface area contributed by atoms with E-state index in [9.17, 15) is 0 Å². The maximum absolute atomic E-state index is 6.22. The lowest BCUT2D eigenvalue weighted by atomic mass is 10.1. The van der Waals surface area contributed by atoms with Crippen LogP contribution in [0.4, 0.5) is 0 Å². The average Bonchev–Trinajstić information content (AvgIpc) is 3.09. The monoisotopic (exact) mass is 329 g/mol. The molecule has 1 fully saturated rings. The molecule has 0 radical (unpaired) electrons. The van der Waals surface area contributed by atoms with Gasteiger partial charge in [-0.3, -0.25) is 4.68 Å². The van der Waals surface area contributed by atoms with Crippen LogP contribution in [0.3, 0.4) is 0 Å². The molecule has 1 saturated carbocycles. The molecule has 20 heavy (non-hydrogen) atoms. The molecule has 2 N–H and O–H groups in total. The summed E-state index contributed by atoms with van der Waals surface area (Å²) in [6.45, 7) is 0. The van der Waals surface area contributed by atoms with Gasteiger partial charge in [0, 0.05) is 24.2 Å². The van der Waals surface area contributed by atoms with Gasteiger partial charge in [-0.2, -0.15) is 5.10 Å². The molecule has 0 aromatic carbocycles. The summed E-state index contributed by atoms with van der Waals surface area (Å²) in [5.41, 5.74) is 8.15. The van der Waals surface area contributed by atoms with Crippen molar-refractivity contribution >= 4 is 34.5 Å². The van der Waals surface area contributed by atoms with E-state index >= 15 is 0 Å². The molecule has 1 aliphatic carbocycles. The van der Waals surface area contributed by atoms with Gasteiger partial charge >= 0.3 is 0 Å². The normalized spacial score (nSPS) is 17.8. The highest BCUT2D eigenvalue weighted by atomic mass is 35.5. The zero-order valence-electron chi connectivity index (χ0n) is 11.1. The minimum absolute atomic E-state index is 0.154. The first-order valence-corrected chi connectivity index (χ1v) is 8.45. The highest BCUT2D eigenvalue weighted by Crippen LogP contribution is 2.35. The molecule has 2 aromatic heterocycles. The summed E-state index contributed by atoms with van der Waals surface area (Å²) < 4.78 is 3.45. The Kier molecular flexibility index (Phi) is 4.36. The molecule has 2 heterocycles. The lowest BCUT2D eigenvalue weighted by Gasteiger charge is -2.10.